The van der Waals surface area contributed by atoms with Crippen LogP contribution in [0.4, 0.5) is 0 Å². The first-order valence-electron chi connectivity index (χ1n) is 6.79. The van der Waals surface area contributed by atoms with Gasteiger partial charge in [0.1, 0.15) is 5.75 Å². The third-order valence-corrected chi connectivity index (χ3v) is 3.87. The van der Waals surface area contributed by atoms with Gasteiger partial charge >= 0.3 is 0 Å². The SMILES string of the molecule is CCNC(c1cccc(OC)c1)c1cccc(Cl)c1C. The zero-order chi connectivity index (χ0) is 14.5. The van der Waals surface area contributed by atoms with Crippen molar-refractivity contribution in [1.29, 1.82) is 0 Å². The second kappa shape index (κ2) is 6.78. The molecule has 1 atom stereocenters. The molecule has 0 aliphatic carbocycles. The van der Waals surface area contributed by atoms with Crippen molar-refractivity contribution in [3.63, 3.8) is 0 Å². The van der Waals surface area contributed by atoms with E-state index in [4.69, 9.17) is 16.3 Å². The highest BCUT2D eigenvalue weighted by Crippen LogP contribution is 2.30. The summed E-state index contributed by atoms with van der Waals surface area (Å²) >= 11 is 6.25. The maximum absolute atomic E-state index is 6.25. The largest absolute Gasteiger partial charge is 0.497 e. The number of rotatable bonds is 5. The van der Waals surface area contributed by atoms with E-state index in [1.807, 2.05) is 24.3 Å². The molecule has 0 fully saturated rings. The van der Waals surface area contributed by atoms with Crippen molar-refractivity contribution < 1.29 is 4.74 Å². The molecule has 2 aromatic carbocycles. The van der Waals surface area contributed by atoms with Crippen molar-refractivity contribution in [3.05, 3.63) is 64.2 Å². The summed E-state index contributed by atoms with van der Waals surface area (Å²) in [6, 6.07) is 14.3. The van der Waals surface area contributed by atoms with E-state index in [9.17, 15) is 0 Å². The van der Waals surface area contributed by atoms with E-state index >= 15 is 0 Å². The van der Waals surface area contributed by atoms with E-state index in [0.717, 1.165) is 22.9 Å². The second-order valence-corrected chi connectivity index (χ2v) is 5.13. The maximum atomic E-state index is 6.25. The van der Waals surface area contributed by atoms with E-state index in [1.54, 1.807) is 7.11 Å². The zero-order valence-electron chi connectivity index (χ0n) is 12.1. The predicted octanol–water partition coefficient (Wildman–Crippen LogP) is 4.36. The van der Waals surface area contributed by atoms with Crippen LogP contribution in [0.1, 0.15) is 29.7 Å². The van der Waals surface area contributed by atoms with Gasteiger partial charge in [0.2, 0.25) is 0 Å². The molecule has 0 heterocycles. The van der Waals surface area contributed by atoms with Gasteiger partial charge in [-0.25, -0.2) is 0 Å². The molecule has 0 bridgehead atoms. The molecule has 0 aromatic heterocycles. The highest BCUT2D eigenvalue weighted by atomic mass is 35.5. The smallest absolute Gasteiger partial charge is 0.119 e. The molecular weight excluding hydrogens is 270 g/mol. The van der Waals surface area contributed by atoms with Crippen LogP contribution in [0.2, 0.25) is 5.02 Å². The Hall–Kier alpha value is -1.51. The van der Waals surface area contributed by atoms with Crippen LogP contribution in [-0.4, -0.2) is 13.7 Å². The number of ether oxygens (including phenoxy) is 1. The summed E-state index contributed by atoms with van der Waals surface area (Å²) in [5, 5.41) is 4.32. The van der Waals surface area contributed by atoms with Gasteiger partial charge in [-0.1, -0.05) is 42.8 Å². The van der Waals surface area contributed by atoms with Gasteiger partial charge in [0.15, 0.2) is 0 Å². The summed E-state index contributed by atoms with van der Waals surface area (Å²) in [6.45, 7) is 5.04. The van der Waals surface area contributed by atoms with Crippen LogP contribution in [0.5, 0.6) is 5.75 Å². The fourth-order valence-electron chi connectivity index (χ4n) is 2.37. The molecule has 0 saturated carbocycles. The lowest BCUT2D eigenvalue weighted by Crippen LogP contribution is -2.22. The van der Waals surface area contributed by atoms with Crippen LogP contribution in [0.3, 0.4) is 0 Å². The third kappa shape index (κ3) is 3.14. The molecule has 0 saturated heterocycles. The Morgan fingerprint density at radius 3 is 2.65 bits per heavy atom. The van der Waals surface area contributed by atoms with Gasteiger partial charge in [-0.15, -0.1) is 0 Å². The van der Waals surface area contributed by atoms with Crippen molar-refractivity contribution in [2.75, 3.05) is 13.7 Å². The summed E-state index contributed by atoms with van der Waals surface area (Å²) in [5.74, 6) is 0.866. The summed E-state index contributed by atoms with van der Waals surface area (Å²) in [7, 11) is 1.69. The van der Waals surface area contributed by atoms with Crippen LogP contribution >= 0.6 is 11.6 Å². The Bertz CT molecular complexity index is 583. The van der Waals surface area contributed by atoms with E-state index in [2.05, 4.69) is 37.4 Å². The molecule has 3 heteroatoms. The first kappa shape index (κ1) is 14.9. The molecule has 2 nitrogen and oxygen atoms in total. The average molecular weight is 290 g/mol. The van der Waals surface area contributed by atoms with E-state index in [-0.39, 0.29) is 6.04 Å². The number of halogens is 1. The molecule has 2 aromatic rings. The zero-order valence-corrected chi connectivity index (χ0v) is 12.9. The summed E-state index contributed by atoms with van der Waals surface area (Å²) in [4.78, 5) is 0. The van der Waals surface area contributed by atoms with Gasteiger partial charge in [0.05, 0.1) is 13.2 Å². The Balaban J connectivity index is 2.47. The predicted molar refractivity (Wildman–Crippen MR) is 84.7 cm³/mol. The van der Waals surface area contributed by atoms with Crippen molar-refractivity contribution in [1.82, 2.24) is 5.32 Å². The minimum absolute atomic E-state index is 0.119. The van der Waals surface area contributed by atoms with E-state index < -0.39 is 0 Å². The molecule has 0 radical (unpaired) electrons. The molecule has 1 unspecified atom stereocenters. The molecule has 0 aliphatic rings. The van der Waals surface area contributed by atoms with E-state index in [0.29, 0.717) is 0 Å². The van der Waals surface area contributed by atoms with Gasteiger partial charge in [0.25, 0.3) is 0 Å². The van der Waals surface area contributed by atoms with Crippen molar-refractivity contribution in [2.24, 2.45) is 0 Å². The molecule has 20 heavy (non-hydrogen) atoms. The number of hydrogen-bond acceptors (Lipinski definition) is 2. The average Bonchev–Trinajstić information content (AvgIpc) is 2.48. The molecule has 0 aliphatic heterocycles. The molecule has 106 valence electrons. The van der Waals surface area contributed by atoms with Gasteiger partial charge in [-0.05, 0) is 48.4 Å². The Labute approximate surface area is 125 Å². The van der Waals surface area contributed by atoms with Crippen molar-refractivity contribution in [2.45, 2.75) is 19.9 Å². The molecular formula is C17H20ClNO. The monoisotopic (exact) mass is 289 g/mol. The third-order valence-electron chi connectivity index (χ3n) is 3.46. The molecule has 2 rings (SSSR count). The van der Waals surface area contributed by atoms with Crippen LogP contribution < -0.4 is 10.1 Å². The van der Waals surface area contributed by atoms with Crippen LogP contribution in [0.15, 0.2) is 42.5 Å². The second-order valence-electron chi connectivity index (χ2n) is 4.72. The van der Waals surface area contributed by atoms with Crippen molar-refractivity contribution in [3.8, 4) is 5.75 Å². The fraction of sp³-hybridized carbons (Fsp3) is 0.294. The summed E-state index contributed by atoms with van der Waals surface area (Å²) < 4.78 is 5.32. The quantitative estimate of drug-likeness (QED) is 0.883. The highest BCUT2D eigenvalue weighted by molar-refractivity contribution is 6.31. The van der Waals surface area contributed by atoms with Gasteiger partial charge in [-0.2, -0.15) is 0 Å². The molecule has 0 amide bonds. The van der Waals surface area contributed by atoms with Gasteiger partial charge in [0, 0.05) is 5.02 Å². The van der Waals surface area contributed by atoms with Gasteiger partial charge in [-0.3, -0.25) is 0 Å². The number of benzene rings is 2. The maximum Gasteiger partial charge on any atom is 0.119 e. The standard InChI is InChI=1S/C17H20ClNO/c1-4-19-17(13-7-5-8-14(11-13)20-3)15-9-6-10-16(18)12(15)2/h5-11,17,19H,4H2,1-3H3. The Kier molecular flexibility index (Phi) is 5.05. The lowest BCUT2D eigenvalue weighted by atomic mass is 9.95. The summed E-state index contributed by atoms with van der Waals surface area (Å²) in [5.41, 5.74) is 3.49. The Morgan fingerprint density at radius 2 is 1.95 bits per heavy atom. The lowest BCUT2D eigenvalue weighted by Gasteiger charge is -2.22. The van der Waals surface area contributed by atoms with Crippen molar-refractivity contribution >= 4 is 11.6 Å². The van der Waals surface area contributed by atoms with Crippen LogP contribution in [-0.2, 0) is 0 Å². The topological polar surface area (TPSA) is 21.3 Å². The van der Waals surface area contributed by atoms with Crippen LogP contribution in [0.25, 0.3) is 0 Å². The first-order valence-corrected chi connectivity index (χ1v) is 7.17. The first-order chi connectivity index (χ1) is 9.67. The van der Waals surface area contributed by atoms with Crippen LogP contribution in [0, 0.1) is 6.92 Å². The minimum Gasteiger partial charge on any atom is -0.497 e. The summed E-state index contributed by atoms with van der Waals surface area (Å²) in [6.07, 6.45) is 0. The van der Waals surface area contributed by atoms with E-state index in [1.165, 1.54) is 11.1 Å². The molecule has 1 N–H and O–H groups in total. The number of hydrogen-bond donors (Lipinski definition) is 1. The van der Waals surface area contributed by atoms with Gasteiger partial charge < -0.3 is 10.1 Å². The number of methoxy groups -OCH3 is 1. The minimum atomic E-state index is 0.119. The Morgan fingerprint density at radius 1 is 1.20 bits per heavy atom. The normalized spacial score (nSPS) is 12.2. The lowest BCUT2D eigenvalue weighted by molar-refractivity contribution is 0.413. The number of nitrogens with one attached hydrogen (secondary N) is 1. The fourth-order valence-corrected chi connectivity index (χ4v) is 2.55. The molecule has 0 spiro atoms. The highest BCUT2D eigenvalue weighted by Gasteiger charge is 2.16.